The summed E-state index contributed by atoms with van der Waals surface area (Å²) < 4.78 is 0. The first-order valence-electron chi connectivity index (χ1n) is 6.37. The quantitative estimate of drug-likeness (QED) is 0.558. The number of nitrogens with zero attached hydrogens (tertiary/aromatic N) is 2. The number of benzene rings is 1. The zero-order valence-electron chi connectivity index (χ0n) is 10.6. The first-order chi connectivity index (χ1) is 9.59. The van der Waals surface area contributed by atoms with Crippen LogP contribution in [0.3, 0.4) is 0 Å². The second-order valence-corrected chi connectivity index (χ2v) is 5.89. The van der Waals surface area contributed by atoms with Crippen LogP contribution in [-0.4, -0.2) is 66.8 Å². The number of aliphatic hydroxyl groups is 4. The van der Waals surface area contributed by atoms with Gasteiger partial charge in [0.05, 0.1) is 11.7 Å². The number of amidine groups is 1. The Bertz CT molecular complexity index is 512. The molecule has 2 aliphatic heterocycles. The molecule has 3 rings (SSSR count). The monoisotopic (exact) mass is 296 g/mol. The van der Waals surface area contributed by atoms with Crippen molar-refractivity contribution < 1.29 is 20.4 Å². The number of aliphatic imine (C=N–C) groups is 1. The fraction of sp³-hybridized carbons (Fsp3) is 0.462. The summed E-state index contributed by atoms with van der Waals surface area (Å²) in [5.41, 5.74) is 0.734. The lowest BCUT2D eigenvalue weighted by molar-refractivity contribution is -0.190. The number of thioether (sulfide) groups is 1. The molecule has 2 aliphatic rings. The van der Waals surface area contributed by atoms with Gasteiger partial charge in [-0.05, 0) is 12.1 Å². The van der Waals surface area contributed by atoms with Crippen molar-refractivity contribution in [1.29, 1.82) is 0 Å². The Kier molecular flexibility index (Phi) is 3.70. The minimum atomic E-state index is -1.42. The van der Waals surface area contributed by atoms with Crippen LogP contribution in [0, 0.1) is 0 Å². The van der Waals surface area contributed by atoms with E-state index in [1.54, 1.807) is 0 Å². The summed E-state index contributed by atoms with van der Waals surface area (Å²) in [6, 6.07) is 8.81. The van der Waals surface area contributed by atoms with E-state index in [4.69, 9.17) is 0 Å². The summed E-state index contributed by atoms with van der Waals surface area (Å²) in [5, 5.41) is 40.1. The third-order valence-corrected chi connectivity index (χ3v) is 4.70. The summed E-state index contributed by atoms with van der Waals surface area (Å²) in [5.74, 6) is 0.508. The Morgan fingerprint density at radius 3 is 2.40 bits per heavy atom. The normalized spacial score (nSPS) is 39.1. The summed E-state index contributed by atoms with van der Waals surface area (Å²) in [6.07, 6.45) is -5.14. The van der Waals surface area contributed by atoms with Crippen LogP contribution in [0.2, 0.25) is 0 Å². The van der Waals surface area contributed by atoms with Crippen LogP contribution in [0.15, 0.2) is 35.3 Å². The molecule has 0 aliphatic carbocycles. The fourth-order valence-electron chi connectivity index (χ4n) is 2.50. The van der Waals surface area contributed by atoms with Crippen molar-refractivity contribution in [2.24, 2.45) is 4.99 Å². The Morgan fingerprint density at radius 1 is 1.00 bits per heavy atom. The highest BCUT2D eigenvalue weighted by atomic mass is 32.2. The third kappa shape index (κ3) is 2.21. The van der Waals surface area contributed by atoms with Gasteiger partial charge in [-0.2, -0.15) is 0 Å². The largest absolute Gasteiger partial charge is 0.388 e. The number of hydrogen-bond acceptors (Lipinski definition) is 6. The predicted octanol–water partition coefficient (Wildman–Crippen LogP) is -0.494. The van der Waals surface area contributed by atoms with Crippen LogP contribution < -0.4 is 0 Å². The number of fused-ring (bicyclic) bond motifs is 1. The number of rotatable bonds is 1. The summed E-state index contributed by atoms with van der Waals surface area (Å²) in [6.45, 7) is 0. The smallest absolute Gasteiger partial charge is 0.166 e. The molecule has 6 nitrogen and oxygen atoms in total. The van der Waals surface area contributed by atoms with Gasteiger partial charge in [0.25, 0.3) is 0 Å². The molecule has 0 unspecified atom stereocenters. The minimum absolute atomic E-state index is 0.448. The maximum absolute atomic E-state index is 10.1. The van der Waals surface area contributed by atoms with E-state index < -0.39 is 30.6 Å². The second-order valence-electron chi connectivity index (χ2n) is 4.90. The maximum Gasteiger partial charge on any atom is 0.166 e. The second kappa shape index (κ2) is 5.34. The van der Waals surface area contributed by atoms with Crippen LogP contribution in [0.5, 0.6) is 0 Å². The summed E-state index contributed by atoms with van der Waals surface area (Å²) in [7, 11) is 0. The molecule has 7 heteroatoms. The number of aliphatic hydroxyl groups excluding tert-OH is 4. The number of hydrogen-bond donors (Lipinski definition) is 4. The molecule has 0 radical (unpaired) electrons. The lowest BCUT2D eigenvalue weighted by atomic mass is 9.94. The number of piperidine rings is 1. The van der Waals surface area contributed by atoms with E-state index in [1.807, 2.05) is 30.3 Å². The zero-order chi connectivity index (χ0) is 14.3. The average Bonchev–Trinajstić information content (AvgIpc) is 2.88. The molecule has 2 saturated heterocycles. The first-order valence-corrected chi connectivity index (χ1v) is 7.35. The van der Waals surface area contributed by atoms with Crippen molar-refractivity contribution in [3.63, 3.8) is 0 Å². The van der Waals surface area contributed by atoms with Crippen molar-refractivity contribution >= 4 is 22.6 Å². The molecular weight excluding hydrogens is 280 g/mol. The van der Waals surface area contributed by atoms with E-state index >= 15 is 0 Å². The SMILES string of the molecule is O[C@@H]1[C@@H](O)[C@@H](O)N2C(=Nc3ccccc3)SC[C@@H]2[C@H]1O. The Hall–Kier alpha value is -1.12. The maximum atomic E-state index is 10.1. The highest BCUT2D eigenvalue weighted by Gasteiger charge is 2.51. The standard InChI is InChI=1S/C13H16N2O4S/c16-9-8-6-20-13(14-7-4-2-1-3-5-7)15(8)12(19)11(18)10(9)17/h1-5,8-12,16-19H,6H2/t8-,9-,10+,11-,12-/m1/s1. The van der Waals surface area contributed by atoms with E-state index in [0.29, 0.717) is 10.9 Å². The molecule has 2 heterocycles. The first kappa shape index (κ1) is 13.8. The van der Waals surface area contributed by atoms with Gasteiger partial charge in [0.15, 0.2) is 11.4 Å². The van der Waals surface area contributed by atoms with Crippen molar-refractivity contribution in [1.82, 2.24) is 4.90 Å². The molecule has 4 N–H and O–H groups in total. The Labute approximate surface area is 120 Å². The lowest BCUT2D eigenvalue weighted by Gasteiger charge is -2.43. The van der Waals surface area contributed by atoms with Crippen molar-refractivity contribution in [3.8, 4) is 0 Å². The molecule has 2 fully saturated rings. The Balaban J connectivity index is 1.91. The molecule has 5 atom stereocenters. The molecule has 0 aromatic heterocycles. The average molecular weight is 296 g/mol. The van der Waals surface area contributed by atoms with Gasteiger partial charge in [0.2, 0.25) is 0 Å². The minimum Gasteiger partial charge on any atom is -0.388 e. The molecule has 0 spiro atoms. The molecular formula is C13H16N2O4S. The van der Waals surface area contributed by atoms with E-state index in [9.17, 15) is 20.4 Å². The molecule has 0 bridgehead atoms. The van der Waals surface area contributed by atoms with E-state index in [0.717, 1.165) is 5.69 Å². The predicted molar refractivity (Wildman–Crippen MR) is 75.6 cm³/mol. The van der Waals surface area contributed by atoms with Crippen molar-refractivity contribution in [2.45, 2.75) is 30.6 Å². The van der Waals surface area contributed by atoms with Gasteiger partial charge < -0.3 is 25.3 Å². The van der Waals surface area contributed by atoms with Gasteiger partial charge in [0.1, 0.15) is 18.3 Å². The third-order valence-electron chi connectivity index (χ3n) is 3.63. The lowest BCUT2D eigenvalue weighted by Crippen LogP contribution is -2.65. The molecule has 20 heavy (non-hydrogen) atoms. The van der Waals surface area contributed by atoms with Crippen LogP contribution in [0.1, 0.15) is 0 Å². The van der Waals surface area contributed by atoms with Crippen LogP contribution >= 0.6 is 11.8 Å². The van der Waals surface area contributed by atoms with Crippen molar-refractivity contribution in [3.05, 3.63) is 30.3 Å². The topological polar surface area (TPSA) is 96.5 Å². The van der Waals surface area contributed by atoms with Crippen molar-refractivity contribution in [2.75, 3.05) is 5.75 Å². The fourth-order valence-corrected chi connectivity index (χ4v) is 3.74. The molecule has 0 amide bonds. The van der Waals surface area contributed by atoms with Gasteiger partial charge in [-0.3, -0.25) is 0 Å². The summed E-state index contributed by atoms with van der Waals surface area (Å²) in [4.78, 5) is 5.91. The number of para-hydroxylation sites is 1. The van der Waals surface area contributed by atoms with Crippen LogP contribution in [0.25, 0.3) is 0 Å². The van der Waals surface area contributed by atoms with Gasteiger partial charge in [-0.25, -0.2) is 4.99 Å². The van der Waals surface area contributed by atoms with Gasteiger partial charge in [-0.1, -0.05) is 30.0 Å². The van der Waals surface area contributed by atoms with E-state index in [-0.39, 0.29) is 0 Å². The Morgan fingerprint density at radius 2 is 1.70 bits per heavy atom. The molecule has 0 saturated carbocycles. The van der Waals surface area contributed by atoms with E-state index in [1.165, 1.54) is 16.7 Å². The van der Waals surface area contributed by atoms with Gasteiger partial charge in [-0.15, -0.1) is 0 Å². The highest BCUT2D eigenvalue weighted by Crippen LogP contribution is 2.35. The van der Waals surface area contributed by atoms with Gasteiger partial charge in [0, 0.05) is 5.75 Å². The van der Waals surface area contributed by atoms with Crippen LogP contribution in [0.4, 0.5) is 5.69 Å². The summed E-state index contributed by atoms with van der Waals surface area (Å²) >= 11 is 1.39. The van der Waals surface area contributed by atoms with Gasteiger partial charge >= 0.3 is 0 Å². The highest BCUT2D eigenvalue weighted by molar-refractivity contribution is 8.14. The molecule has 1 aromatic carbocycles. The zero-order valence-corrected chi connectivity index (χ0v) is 11.4. The van der Waals surface area contributed by atoms with E-state index in [2.05, 4.69) is 4.99 Å². The molecule has 108 valence electrons. The van der Waals surface area contributed by atoms with Crippen LogP contribution in [-0.2, 0) is 0 Å². The molecule has 1 aromatic rings.